The van der Waals surface area contributed by atoms with Crippen LogP contribution in [0.5, 0.6) is 0 Å². The number of hydrogen-bond donors (Lipinski definition) is 1. The highest BCUT2D eigenvalue weighted by atomic mass is 32.2. The molecular formula is C18H15N3O6S. The van der Waals surface area contributed by atoms with Crippen molar-refractivity contribution in [2.45, 2.75) is 17.5 Å². The molecule has 0 saturated carbocycles. The fourth-order valence-corrected chi connectivity index (χ4v) is 3.62. The number of esters is 1. The van der Waals surface area contributed by atoms with E-state index in [1.54, 1.807) is 18.2 Å². The van der Waals surface area contributed by atoms with Gasteiger partial charge in [-0.2, -0.15) is 0 Å². The Bertz CT molecular complexity index is 1080. The van der Waals surface area contributed by atoms with Crippen LogP contribution in [0.3, 0.4) is 0 Å². The Labute approximate surface area is 163 Å². The van der Waals surface area contributed by atoms with E-state index >= 15 is 0 Å². The molecule has 10 heteroatoms. The number of non-ortho nitro benzene ring substituents is 1. The number of hydrogen-bond acceptors (Lipinski definition) is 7. The molecular weight excluding hydrogens is 386 g/mol. The third kappa shape index (κ3) is 4.12. The van der Waals surface area contributed by atoms with Crippen molar-refractivity contribution in [1.82, 2.24) is 9.55 Å². The van der Waals surface area contributed by atoms with E-state index < -0.39 is 16.9 Å². The van der Waals surface area contributed by atoms with Gasteiger partial charge in [0.05, 0.1) is 28.6 Å². The Balaban J connectivity index is 1.92. The molecule has 0 bridgehead atoms. The minimum atomic E-state index is -1.05. The van der Waals surface area contributed by atoms with Gasteiger partial charge in [0.2, 0.25) is 0 Å². The monoisotopic (exact) mass is 401 g/mol. The van der Waals surface area contributed by atoms with Gasteiger partial charge in [-0.05, 0) is 23.8 Å². The zero-order chi connectivity index (χ0) is 20.3. The van der Waals surface area contributed by atoms with Crippen LogP contribution < -0.4 is 0 Å². The van der Waals surface area contributed by atoms with Crippen molar-refractivity contribution >= 4 is 40.4 Å². The van der Waals surface area contributed by atoms with Crippen LogP contribution in [-0.4, -0.2) is 38.6 Å². The Morgan fingerprint density at radius 2 is 2.07 bits per heavy atom. The molecule has 0 spiro atoms. The maximum absolute atomic E-state index is 11.7. The molecule has 0 aliphatic carbocycles. The number of ether oxygens (including phenoxy) is 1. The number of benzene rings is 2. The minimum absolute atomic E-state index is 0.116. The van der Waals surface area contributed by atoms with Crippen LogP contribution in [0.15, 0.2) is 47.6 Å². The van der Waals surface area contributed by atoms with E-state index in [4.69, 9.17) is 4.74 Å². The van der Waals surface area contributed by atoms with Crippen LogP contribution in [-0.2, 0) is 21.8 Å². The van der Waals surface area contributed by atoms with Crippen molar-refractivity contribution < 1.29 is 24.4 Å². The van der Waals surface area contributed by atoms with E-state index in [9.17, 15) is 24.8 Å². The summed E-state index contributed by atoms with van der Waals surface area (Å²) in [6.07, 6.45) is 0. The van der Waals surface area contributed by atoms with Gasteiger partial charge in [-0.3, -0.25) is 14.9 Å². The number of carboxylic acids is 1. The predicted octanol–water partition coefficient (Wildman–Crippen LogP) is 3.11. The zero-order valence-electron chi connectivity index (χ0n) is 14.7. The van der Waals surface area contributed by atoms with Gasteiger partial charge in [0, 0.05) is 17.9 Å². The van der Waals surface area contributed by atoms with Gasteiger partial charge in [-0.1, -0.05) is 23.9 Å². The number of nitro benzene ring substituents is 1. The van der Waals surface area contributed by atoms with Gasteiger partial charge in [-0.25, -0.2) is 9.78 Å². The Morgan fingerprint density at radius 1 is 1.29 bits per heavy atom. The molecule has 1 heterocycles. The summed E-state index contributed by atoms with van der Waals surface area (Å²) in [5.41, 5.74) is 1.97. The summed E-state index contributed by atoms with van der Waals surface area (Å²) in [6.45, 7) is -0.321. The standard InChI is InChI=1S/C18H15N3O6S/c1-27-17(24)12-4-2-3-11(7-12)10-28-18-19-14-8-13(21(25)26)5-6-15(14)20(18)9-16(22)23/h2-8H,9-10H2,1H3,(H,22,23). The summed E-state index contributed by atoms with van der Waals surface area (Å²) in [7, 11) is 1.30. The van der Waals surface area contributed by atoms with Gasteiger partial charge >= 0.3 is 11.9 Å². The first-order chi connectivity index (χ1) is 13.4. The summed E-state index contributed by atoms with van der Waals surface area (Å²) in [6, 6.07) is 11.0. The number of imidazole rings is 1. The van der Waals surface area contributed by atoms with E-state index in [1.165, 1.54) is 41.6 Å². The molecule has 144 valence electrons. The SMILES string of the molecule is COC(=O)c1cccc(CSc2nc3cc([N+](=O)[O-])ccc3n2CC(=O)O)c1. The van der Waals surface area contributed by atoms with Gasteiger partial charge in [-0.15, -0.1) is 0 Å². The molecule has 0 amide bonds. The molecule has 28 heavy (non-hydrogen) atoms. The number of methoxy groups -OCH3 is 1. The quantitative estimate of drug-likeness (QED) is 0.277. The molecule has 9 nitrogen and oxygen atoms in total. The second-order valence-electron chi connectivity index (χ2n) is 5.79. The van der Waals surface area contributed by atoms with Gasteiger partial charge in [0.25, 0.3) is 5.69 Å². The lowest BCUT2D eigenvalue weighted by atomic mass is 10.1. The average Bonchev–Trinajstić information content (AvgIpc) is 3.02. The topological polar surface area (TPSA) is 125 Å². The molecule has 0 radical (unpaired) electrons. The van der Waals surface area contributed by atoms with E-state index in [0.717, 1.165) is 5.56 Å². The molecule has 1 aromatic heterocycles. The van der Waals surface area contributed by atoms with Crippen molar-refractivity contribution in [3.8, 4) is 0 Å². The summed E-state index contributed by atoms with van der Waals surface area (Å²) in [4.78, 5) is 37.7. The maximum Gasteiger partial charge on any atom is 0.337 e. The lowest BCUT2D eigenvalue weighted by Gasteiger charge is -2.07. The normalized spacial score (nSPS) is 10.8. The molecule has 0 saturated heterocycles. The van der Waals surface area contributed by atoms with Crippen molar-refractivity contribution in [3.05, 3.63) is 63.7 Å². The van der Waals surface area contributed by atoms with Crippen LogP contribution in [0, 0.1) is 10.1 Å². The zero-order valence-corrected chi connectivity index (χ0v) is 15.5. The van der Waals surface area contributed by atoms with E-state index in [2.05, 4.69) is 4.98 Å². The van der Waals surface area contributed by atoms with Crippen molar-refractivity contribution in [1.29, 1.82) is 0 Å². The molecule has 0 atom stereocenters. The number of carboxylic acid groups (broad SMARTS) is 1. The molecule has 1 N–H and O–H groups in total. The van der Waals surface area contributed by atoms with E-state index in [1.807, 2.05) is 6.07 Å². The van der Waals surface area contributed by atoms with Crippen LogP contribution >= 0.6 is 11.8 Å². The van der Waals surface area contributed by atoms with Crippen molar-refractivity contribution in [3.63, 3.8) is 0 Å². The number of nitrogens with zero attached hydrogens (tertiary/aromatic N) is 3. The summed E-state index contributed by atoms with van der Waals surface area (Å²) >= 11 is 1.28. The third-order valence-electron chi connectivity index (χ3n) is 3.92. The van der Waals surface area contributed by atoms with Gasteiger partial charge in [0.1, 0.15) is 6.54 Å². The first-order valence-corrected chi connectivity index (χ1v) is 9.04. The van der Waals surface area contributed by atoms with E-state index in [-0.39, 0.29) is 12.2 Å². The molecule has 3 aromatic rings. The Hall–Kier alpha value is -3.40. The lowest BCUT2D eigenvalue weighted by molar-refractivity contribution is -0.384. The largest absolute Gasteiger partial charge is 0.480 e. The maximum atomic E-state index is 11.7. The second kappa shape index (κ2) is 8.09. The third-order valence-corrected chi connectivity index (χ3v) is 4.96. The molecule has 0 fully saturated rings. The van der Waals surface area contributed by atoms with Crippen LogP contribution in [0.25, 0.3) is 11.0 Å². The van der Waals surface area contributed by atoms with E-state index in [0.29, 0.717) is 27.5 Å². The number of fused-ring (bicyclic) bond motifs is 1. The summed E-state index contributed by atoms with van der Waals surface area (Å²) in [5, 5.41) is 20.6. The Morgan fingerprint density at radius 3 is 2.75 bits per heavy atom. The number of nitro groups is 1. The molecule has 0 aliphatic rings. The average molecular weight is 401 g/mol. The molecule has 3 rings (SSSR count). The first kappa shape index (κ1) is 19.4. The summed E-state index contributed by atoms with van der Waals surface area (Å²) < 4.78 is 6.20. The number of thioether (sulfide) groups is 1. The molecule has 0 unspecified atom stereocenters. The van der Waals surface area contributed by atoms with Gasteiger partial charge in [0.15, 0.2) is 5.16 Å². The predicted molar refractivity (Wildman–Crippen MR) is 101 cm³/mol. The fourth-order valence-electron chi connectivity index (χ4n) is 2.66. The number of rotatable bonds is 7. The minimum Gasteiger partial charge on any atom is -0.480 e. The molecule has 2 aromatic carbocycles. The number of aliphatic carboxylic acids is 1. The number of carbonyl (C=O) groups excluding carboxylic acids is 1. The first-order valence-electron chi connectivity index (χ1n) is 8.05. The highest BCUT2D eigenvalue weighted by Crippen LogP contribution is 2.29. The highest BCUT2D eigenvalue weighted by Gasteiger charge is 2.17. The summed E-state index contributed by atoms with van der Waals surface area (Å²) in [5.74, 6) is -1.07. The second-order valence-corrected chi connectivity index (χ2v) is 6.73. The Kier molecular flexibility index (Phi) is 5.59. The fraction of sp³-hybridized carbons (Fsp3) is 0.167. The molecule has 0 aliphatic heterocycles. The number of aromatic nitrogens is 2. The highest BCUT2D eigenvalue weighted by molar-refractivity contribution is 7.98. The van der Waals surface area contributed by atoms with Crippen LogP contribution in [0.2, 0.25) is 0 Å². The van der Waals surface area contributed by atoms with Crippen LogP contribution in [0.4, 0.5) is 5.69 Å². The van der Waals surface area contributed by atoms with Crippen molar-refractivity contribution in [2.75, 3.05) is 7.11 Å². The number of carbonyl (C=O) groups is 2. The van der Waals surface area contributed by atoms with Crippen molar-refractivity contribution in [2.24, 2.45) is 0 Å². The smallest absolute Gasteiger partial charge is 0.337 e. The van der Waals surface area contributed by atoms with Crippen LogP contribution in [0.1, 0.15) is 15.9 Å². The van der Waals surface area contributed by atoms with Gasteiger partial charge < -0.3 is 14.4 Å². The lowest BCUT2D eigenvalue weighted by Crippen LogP contribution is -2.09.